The average Bonchev–Trinajstić information content (AvgIpc) is 2.72. The van der Waals surface area contributed by atoms with Gasteiger partial charge < -0.3 is 5.11 Å². The van der Waals surface area contributed by atoms with Gasteiger partial charge in [-0.3, -0.25) is 9.59 Å². The molecule has 0 saturated heterocycles. The van der Waals surface area contributed by atoms with Crippen LogP contribution >= 0.6 is 11.8 Å². The van der Waals surface area contributed by atoms with Gasteiger partial charge in [-0.05, 0) is 12.2 Å². The SMILES string of the molecule is CCCCCCCCCCCCCCSC1=C(O)c2ccccc2C(=O)C1=O. The van der Waals surface area contributed by atoms with Gasteiger partial charge in [0.2, 0.25) is 11.6 Å². The Kier molecular flexibility index (Phi) is 10.4. The maximum atomic E-state index is 12.3. The number of hydrogen-bond acceptors (Lipinski definition) is 4. The second-order valence-electron chi connectivity index (χ2n) is 7.62. The molecule has 0 radical (unpaired) electrons. The minimum atomic E-state index is -0.569. The van der Waals surface area contributed by atoms with Crippen LogP contribution in [0.2, 0.25) is 0 Å². The highest BCUT2D eigenvalue weighted by Crippen LogP contribution is 2.34. The first-order valence-electron chi connectivity index (χ1n) is 10.9. The summed E-state index contributed by atoms with van der Waals surface area (Å²) < 4.78 is 0. The molecule has 0 atom stereocenters. The summed E-state index contributed by atoms with van der Waals surface area (Å²) in [4.78, 5) is 24.7. The van der Waals surface area contributed by atoms with Gasteiger partial charge in [-0.1, -0.05) is 102 Å². The number of allylic oxidation sites excluding steroid dienone is 1. The van der Waals surface area contributed by atoms with Crippen molar-refractivity contribution in [1.82, 2.24) is 0 Å². The molecule has 0 saturated carbocycles. The number of rotatable bonds is 14. The van der Waals surface area contributed by atoms with Gasteiger partial charge >= 0.3 is 0 Å². The van der Waals surface area contributed by atoms with E-state index in [1.165, 1.54) is 76.0 Å². The summed E-state index contributed by atoms with van der Waals surface area (Å²) in [6, 6.07) is 6.77. The molecule has 0 fully saturated rings. The van der Waals surface area contributed by atoms with E-state index in [-0.39, 0.29) is 10.7 Å². The number of fused-ring (bicyclic) bond motifs is 1. The molecule has 0 amide bonds. The molecule has 0 aliphatic heterocycles. The second-order valence-corrected chi connectivity index (χ2v) is 8.72. The van der Waals surface area contributed by atoms with Gasteiger partial charge in [0.05, 0.1) is 0 Å². The predicted molar refractivity (Wildman–Crippen MR) is 119 cm³/mol. The third kappa shape index (κ3) is 6.80. The monoisotopic (exact) mass is 402 g/mol. The standard InChI is InChI=1S/C24H34O3S/c1-2-3-4-5-6-7-8-9-10-11-12-15-18-28-24-22(26)20-17-14-13-16-19(20)21(25)23(24)27/h13-14,16-17,26H,2-12,15,18H2,1H3. The molecule has 0 heterocycles. The maximum absolute atomic E-state index is 12.3. The van der Waals surface area contributed by atoms with Crippen molar-refractivity contribution in [2.45, 2.75) is 84.0 Å². The first kappa shape index (κ1) is 22.7. The third-order valence-electron chi connectivity index (χ3n) is 5.30. The zero-order valence-electron chi connectivity index (χ0n) is 17.2. The molecule has 154 valence electrons. The lowest BCUT2D eigenvalue weighted by Crippen LogP contribution is -2.22. The van der Waals surface area contributed by atoms with Crippen LogP contribution in [0.3, 0.4) is 0 Å². The molecule has 1 aromatic rings. The van der Waals surface area contributed by atoms with E-state index in [0.29, 0.717) is 11.1 Å². The van der Waals surface area contributed by atoms with E-state index in [2.05, 4.69) is 6.92 Å². The topological polar surface area (TPSA) is 54.4 Å². The van der Waals surface area contributed by atoms with Gasteiger partial charge in [-0.2, -0.15) is 0 Å². The predicted octanol–water partition coefficient (Wildman–Crippen LogP) is 7.11. The van der Waals surface area contributed by atoms with E-state index in [4.69, 9.17) is 0 Å². The van der Waals surface area contributed by atoms with Crippen molar-refractivity contribution >= 4 is 29.1 Å². The molecule has 0 unspecified atom stereocenters. The lowest BCUT2D eigenvalue weighted by molar-refractivity contribution is -0.111. The third-order valence-corrected chi connectivity index (χ3v) is 6.46. The minimum absolute atomic E-state index is 0.0378. The molecule has 1 aliphatic rings. The van der Waals surface area contributed by atoms with Crippen molar-refractivity contribution < 1.29 is 14.7 Å². The maximum Gasteiger partial charge on any atom is 0.243 e. The van der Waals surface area contributed by atoms with Crippen molar-refractivity contribution in [2.24, 2.45) is 0 Å². The van der Waals surface area contributed by atoms with E-state index in [9.17, 15) is 14.7 Å². The van der Waals surface area contributed by atoms with Crippen LogP contribution in [-0.4, -0.2) is 22.4 Å². The molecule has 0 bridgehead atoms. The Morgan fingerprint density at radius 2 is 1.21 bits per heavy atom. The zero-order valence-corrected chi connectivity index (χ0v) is 18.0. The van der Waals surface area contributed by atoms with Crippen LogP contribution in [0.1, 0.15) is 99.9 Å². The van der Waals surface area contributed by atoms with Gasteiger partial charge in [0.1, 0.15) is 10.7 Å². The zero-order chi connectivity index (χ0) is 20.2. The van der Waals surface area contributed by atoms with Crippen LogP contribution in [-0.2, 0) is 4.79 Å². The first-order valence-corrected chi connectivity index (χ1v) is 11.9. The van der Waals surface area contributed by atoms with Gasteiger partial charge in [0.25, 0.3) is 0 Å². The van der Waals surface area contributed by atoms with Crippen LogP contribution in [0.15, 0.2) is 29.2 Å². The smallest absolute Gasteiger partial charge is 0.243 e. The Balaban J connectivity index is 1.59. The minimum Gasteiger partial charge on any atom is -0.506 e. The van der Waals surface area contributed by atoms with Crippen LogP contribution < -0.4 is 0 Å². The van der Waals surface area contributed by atoms with Crippen LogP contribution in [0, 0.1) is 0 Å². The van der Waals surface area contributed by atoms with Gasteiger partial charge in [-0.25, -0.2) is 0 Å². The van der Waals surface area contributed by atoms with Crippen molar-refractivity contribution in [2.75, 3.05) is 5.75 Å². The Hall–Kier alpha value is -1.55. The first-order chi connectivity index (χ1) is 13.7. The number of carbonyl (C=O) groups excluding carboxylic acids is 2. The average molecular weight is 403 g/mol. The Bertz CT molecular complexity index is 678. The van der Waals surface area contributed by atoms with Crippen molar-refractivity contribution in [3.63, 3.8) is 0 Å². The fourth-order valence-electron chi connectivity index (χ4n) is 3.59. The quantitative estimate of drug-likeness (QED) is 0.266. The number of carbonyl (C=O) groups is 2. The van der Waals surface area contributed by atoms with Crippen LogP contribution in [0.25, 0.3) is 5.76 Å². The van der Waals surface area contributed by atoms with Gasteiger partial charge in [0, 0.05) is 11.1 Å². The highest BCUT2D eigenvalue weighted by atomic mass is 32.2. The molecule has 1 aromatic carbocycles. The number of thioether (sulfide) groups is 1. The number of unbranched alkanes of at least 4 members (excludes halogenated alkanes) is 11. The fraction of sp³-hybridized carbons (Fsp3) is 0.583. The largest absolute Gasteiger partial charge is 0.506 e. The van der Waals surface area contributed by atoms with Gasteiger partial charge in [0.15, 0.2) is 0 Å². The van der Waals surface area contributed by atoms with Gasteiger partial charge in [-0.15, -0.1) is 11.8 Å². The van der Waals surface area contributed by atoms with E-state index in [1.807, 2.05) is 0 Å². The number of aliphatic hydroxyl groups is 1. The molecule has 0 aromatic heterocycles. The van der Waals surface area contributed by atoms with Crippen LogP contribution in [0.5, 0.6) is 0 Å². The second kappa shape index (κ2) is 12.8. The summed E-state index contributed by atoms with van der Waals surface area (Å²) in [5, 5.41) is 10.4. The van der Waals surface area contributed by atoms with Crippen molar-refractivity contribution in [3.8, 4) is 0 Å². The highest BCUT2D eigenvalue weighted by molar-refractivity contribution is 8.04. The number of hydrogen-bond donors (Lipinski definition) is 1. The summed E-state index contributed by atoms with van der Waals surface area (Å²) in [7, 11) is 0. The molecular formula is C24H34O3S. The fourth-order valence-corrected chi connectivity index (χ4v) is 4.62. The van der Waals surface area contributed by atoms with Crippen molar-refractivity contribution in [1.29, 1.82) is 0 Å². The number of Topliss-reactive ketones (excluding diaryl/α,β-unsaturated/α-hetero) is 2. The summed E-state index contributed by atoms with van der Waals surface area (Å²) in [6.07, 6.45) is 15.5. The number of ketones is 2. The Labute approximate surface area is 174 Å². The van der Waals surface area contributed by atoms with Crippen LogP contribution in [0.4, 0.5) is 0 Å². The summed E-state index contributed by atoms with van der Waals surface area (Å²) in [6.45, 7) is 2.25. The Morgan fingerprint density at radius 3 is 1.79 bits per heavy atom. The van der Waals surface area contributed by atoms with Crippen molar-refractivity contribution in [3.05, 3.63) is 40.3 Å². The molecule has 1 aliphatic carbocycles. The molecule has 3 nitrogen and oxygen atoms in total. The Morgan fingerprint density at radius 1 is 0.714 bits per heavy atom. The lowest BCUT2D eigenvalue weighted by atomic mass is 9.94. The summed E-state index contributed by atoms with van der Waals surface area (Å²) in [5.74, 6) is -0.354. The molecule has 4 heteroatoms. The molecule has 28 heavy (non-hydrogen) atoms. The van der Waals surface area contributed by atoms with E-state index in [1.54, 1.807) is 24.3 Å². The molecule has 0 spiro atoms. The number of benzene rings is 1. The molecular weight excluding hydrogens is 368 g/mol. The van der Waals surface area contributed by atoms with E-state index in [0.717, 1.165) is 18.6 Å². The molecule has 1 N–H and O–H groups in total. The number of aliphatic hydroxyl groups excluding tert-OH is 1. The van der Waals surface area contributed by atoms with E-state index < -0.39 is 11.6 Å². The summed E-state index contributed by atoms with van der Waals surface area (Å²) >= 11 is 1.32. The summed E-state index contributed by atoms with van der Waals surface area (Å²) in [5.41, 5.74) is 0.781. The van der Waals surface area contributed by atoms with E-state index >= 15 is 0 Å². The molecule has 2 rings (SSSR count). The highest BCUT2D eigenvalue weighted by Gasteiger charge is 2.32. The lowest BCUT2D eigenvalue weighted by Gasteiger charge is -2.17. The normalized spacial score (nSPS) is 13.9.